The fraction of sp³-hybridized carbons (Fsp3) is 0.300. The highest BCUT2D eigenvalue weighted by molar-refractivity contribution is 6.30. The van der Waals surface area contributed by atoms with Gasteiger partial charge in [0.2, 0.25) is 5.91 Å². The van der Waals surface area contributed by atoms with Crippen molar-refractivity contribution in [3.8, 4) is 0 Å². The van der Waals surface area contributed by atoms with Crippen molar-refractivity contribution < 1.29 is 32.3 Å². The lowest BCUT2D eigenvalue weighted by atomic mass is 10.2. The molecule has 0 unspecified atom stereocenters. The van der Waals surface area contributed by atoms with Crippen molar-refractivity contribution in [1.82, 2.24) is 9.80 Å². The Morgan fingerprint density at radius 1 is 0.907 bits per heavy atom. The largest absolute Gasteiger partial charge is 0.416 e. The van der Waals surface area contributed by atoms with Crippen LogP contribution in [0.1, 0.15) is 15.9 Å². The molecular formula is C30H31ClF3N5O4. The molecule has 228 valence electrons. The van der Waals surface area contributed by atoms with Crippen molar-refractivity contribution in [1.29, 1.82) is 0 Å². The number of methoxy groups -OCH3 is 1. The van der Waals surface area contributed by atoms with E-state index in [1.807, 2.05) is 12.1 Å². The molecule has 4 rings (SSSR count). The Labute approximate surface area is 252 Å². The molecule has 1 fully saturated rings. The van der Waals surface area contributed by atoms with Crippen LogP contribution in [-0.4, -0.2) is 80.6 Å². The minimum Gasteiger partial charge on any atom is -0.383 e. The maximum Gasteiger partial charge on any atom is 0.416 e. The van der Waals surface area contributed by atoms with E-state index in [9.17, 15) is 27.6 Å². The van der Waals surface area contributed by atoms with Crippen LogP contribution in [0.2, 0.25) is 5.02 Å². The number of nitrogens with one attached hydrogen (secondary N) is 2. The lowest BCUT2D eigenvalue weighted by molar-refractivity contribution is -0.137. The van der Waals surface area contributed by atoms with Gasteiger partial charge in [0.25, 0.3) is 5.91 Å². The van der Waals surface area contributed by atoms with Gasteiger partial charge in [-0.1, -0.05) is 17.7 Å². The fourth-order valence-corrected chi connectivity index (χ4v) is 4.63. The monoisotopic (exact) mass is 617 g/mol. The third-order valence-corrected chi connectivity index (χ3v) is 7.05. The smallest absolute Gasteiger partial charge is 0.383 e. The summed E-state index contributed by atoms with van der Waals surface area (Å²) in [6, 6.07) is 17.7. The summed E-state index contributed by atoms with van der Waals surface area (Å²) >= 11 is 5.92. The summed E-state index contributed by atoms with van der Waals surface area (Å²) in [4.78, 5) is 43.4. The maximum absolute atomic E-state index is 13.0. The number of halogens is 4. The molecule has 1 saturated heterocycles. The van der Waals surface area contributed by atoms with Crippen LogP contribution < -0.4 is 15.5 Å². The van der Waals surface area contributed by atoms with Gasteiger partial charge in [0.15, 0.2) is 0 Å². The molecule has 9 nitrogen and oxygen atoms in total. The average Bonchev–Trinajstić information content (AvgIpc) is 2.99. The van der Waals surface area contributed by atoms with Gasteiger partial charge in [0, 0.05) is 67.5 Å². The molecule has 1 aliphatic heterocycles. The molecule has 3 aromatic carbocycles. The predicted molar refractivity (Wildman–Crippen MR) is 159 cm³/mol. The second-order valence-corrected chi connectivity index (χ2v) is 10.2. The normalized spacial score (nSPS) is 13.4. The van der Waals surface area contributed by atoms with Gasteiger partial charge >= 0.3 is 12.2 Å². The zero-order chi connectivity index (χ0) is 31.0. The van der Waals surface area contributed by atoms with Gasteiger partial charge in [-0.2, -0.15) is 13.2 Å². The molecule has 1 heterocycles. The average molecular weight is 618 g/mol. The van der Waals surface area contributed by atoms with Crippen molar-refractivity contribution in [2.45, 2.75) is 6.18 Å². The second kappa shape index (κ2) is 14.3. The molecule has 0 radical (unpaired) electrons. The van der Waals surface area contributed by atoms with E-state index in [4.69, 9.17) is 16.3 Å². The summed E-state index contributed by atoms with van der Waals surface area (Å²) in [6.07, 6.45) is -4.49. The van der Waals surface area contributed by atoms with Crippen LogP contribution in [-0.2, 0) is 15.7 Å². The van der Waals surface area contributed by atoms with Crippen molar-refractivity contribution in [2.24, 2.45) is 0 Å². The van der Waals surface area contributed by atoms with Crippen LogP contribution in [0.4, 0.5) is 35.0 Å². The molecule has 4 amide bonds. The zero-order valence-electron chi connectivity index (χ0n) is 23.4. The Bertz CT molecular complexity index is 1410. The van der Waals surface area contributed by atoms with Gasteiger partial charge in [-0.3, -0.25) is 9.59 Å². The van der Waals surface area contributed by atoms with E-state index in [2.05, 4.69) is 15.5 Å². The Hall–Kier alpha value is -4.29. The third kappa shape index (κ3) is 8.85. The fourth-order valence-electron chi connectivity index (χ4n) is 4.50. The van der Waals surface area contributed by atoms with Gasteiger partial charge in [-0.25, -0.2) is 4.79 Å². The molecule has 0 aromatic heterocycles. The Morgan fingerprint density at radius 3 is 2.21 bits per heavy atom. The molecule has 43 heavy (non-hydrogen) atoms. The molecule has 2 N–H and O–H groups in total. The number of nitrogens with zero attached hydrogens (tertiary/aromatic N) is 3. The molecule has 0 atom stereocenters. The second-order valence-electron chi connectivity index (χ2n) is 9.80. The summed E-state index contributed by atoms with van der Waals surface area (Å²) < 4.78 is 44.0. The Morgan fingerprint density at radius 2 is 1.58 bits per heavy atom. The molecule has 0 aliphatic carbocycles. The molecule has 1 aliphatic rings. The van der Waals surface area contributed by atoms with Crippen molar-refractivity contribution in [3.05, 3.63) is 88.9 Å². The lowest BCUT2D eigenvalue weighted by Gasteiger charge is -2.36. The SMILES string of the molecule is COCCN(CC(=O)Nc1ccc(N2CCN(C(=O)Nc3cccc(C(F)(F)F)c3)CC2)cc1)C(=O)c1ccc(Cl)cc1. The highest BCUT2D eigenvalue weighted by Gasteiger charge is 2.31. The van der Waals surface area contributed by atoms with Crippen molar-refractivity contribution >= 4 is 46.5 Å². The number of benzene rings is 3. The topological polar surface area (TPSA) is 94.2 Å². The number of rotatable bonds is 9. The number of hydrogen-bond acceptors (Lipinski definition) is 5. The van der Waals surface area contributed by atoms with E-state index >= 15 is 0 Å². The first-order chi connectivity index (χ1) is 20.5. The van der Waals surface area contributed by atoms with Crippen LogP contribution in [0, 0.1) is 0 Å². The number of anilines is 3. The number of alkyl halides is 3. The predicted octanol–water partition coefficient (Wildman–Crippen LogP) is 5.44. The Balaban J connectivity index is 1.28. The van der Waals surface area contributed by atoms with Crippen LogP contribution in [0.3, 0.4) is 0 Å². The first-order valence-electron chi connectivity index (χ1n) is 13.5. The number of carbonyl (C=O) groups is 3. The van der Waals surface area contributed by atoms with Crippen LogP contribution in [0.5, 0.6) is 0 Å². The van der Waals surface area contributed by atoms with E-state index in [0.717, 1.165) is 17.8 Å². The highest BCUT2D eigenvalue weighted by atomic mass is 35.5. The number of urea groups is 1. The van der Waals surface area contributed by atoms with Crippen molar-refractivity contribution in [2.75, 3.05) is 68.5 Å². The zero-order valence-corrected chi connectivity index (χ0v) is 24.1. The molecule has 13 heteroatoms. The maximum atomic E-state index is 13.0. The summed E-state index contributed by atoms with van der Waals surface area (Å²) in [5.74, 6) is -0.687. The Kier molecular flexibility index (Phi) is 10.5. The van der Waals surface area contributed by atoms with Crippen LogP contribution >= 0.6 is 11.6 Å². The quantitative estimate of drug-likeness (QED) is 0.334. The number of carbonyl (C=O) groups excluding carboxylic acids is 3. The van der Waals surface area contributed by atoms with Gasteiger partial charge in [-0.15, -0.1) is 0 Å². The number of hydrogen-bond donors (Lipinski definition) is 2. The summed E-state index contributed by atoms with van der Waals surface area (Å²) in [7, 11) is 1.52. The summed E-state index contributed by atoms with van der Waals surface area (Å²) in [5.41, 5.74) is 1.10. The summed E-state index contributed by atoms with van der Waals surface area (Å²) in [5, 5.41) is 5.85. The van der Waals surface area contributed by atoms with Crippen molar-refractivity contribution in [3.63, 3.8) is 0 Å². The molecular weight excluding hydrogens is 587 g/mol. The minimum absolute atomic E-state index is 0.0797. The third-order valence-electron chi connectivity index (χ3n) is 6.80. The highest BCUT2D eigenvalue weighted by Crippen LogP contribution is 2.30. The van der Waals surface area contributed by atoms with Gasteiger partial charge in [0.05, 0.1) is 12.2 Å². The first kappa shape index (κ1) is 31.6. The standard InChI is InChI=1S/C30H31ClF3N5O4/c1-43-18-17-39(28(41)21-5-7-23(31)8-6-21)20-27(40)35-24-9-11-26(12-10-24)37-13-15-38(16-14-37)29(42)36-25-4-2-3-22(19-25)30(32,33)34/h2-12,19H,13-18,20H2,1H3,(H,35,40)(H,36,42). The number of amides is 4. The van der Waals surface area contributed by atoms with Crippen LogP contribution in [0.25, 0.3) is 0 Å². The first-order valence-corrected chi connectivity index (χ1v) is 13.8. The van der Waals surface area contributed by atoms with Gasteiger partial charge < -0.3 is 30.1 Å². The lowest BCUT2D eigenvalue weighted by Crippen LogP contribution is -2.50. The van der Waals surface area contributed by atoms with Gasteiger partial charge in [0.1, 0.15) is 6.54 Å². The summed E-state index contributed by atoms with van der Waals surface area (Å²) in [6.45, 7) is 2.11. The number of piperazine rings is 1. The van der Waals surface area contributed by atoms with Gasteiger partial charge in [-0.05, 0) is 66.7 Å². The van der Waals surface area contributed by atoms with E-state index in [1.165, 1.54) is 24.1 Å². The number of ether oxygens (including phenoxy) is 1. The molecule has 0 saturated carbocycles. The van der Waals surface area contributed by atoms with E-state index < -0.39 is 17.8 Å². The van der Waals surface area contributed by atoms with Crippen LogP contribution in [0.15, 0.2) is 72.8 Å². The van der Waals surface area contributed by atoms with E-state index in [1.54, 1.807) is 41.3 Å². The molecule has 0 bridgehead atoms. The minimum atomic E-state index is -4.49. The van der Waals surface area contributed by atoms with E-state index in [0.29, 0.717) is 42.5 Å². The van der Waals surface area contributed by atoms with E-state index in [-0.39, 0.29) is 37.2 Å². The molecule has 3 aromatic rings. The molecule has 0 spiro atoms.